The molecule has 0 atom stereocenters. The third-order valence-corrected chi connectivity index (χ3v) is 5.21. The maximum absolute atomic E-state index is 6.06. The van der Waals surface area contributed by atoms with Crippen molar-refractivity contribution in [3.8, 4) is 0 Å². The Kier molecular flexibility index (Phi) is 5.35. The fraction of sp³-hybridized carbons (Fsp3) is 0.273. The first kappa shape index (κ1) is 18.6. The van der Waals surface area contributed by atoms with E-state index in [2.05, 4.69) is 50.4 Å². The highest BCUT2D eigenvalue weighted by Crippen LogP contribution is 2.25. The van der Waals surface area contributed by atoms with Crippen LogP contribution < -0.4 is 15.1 Å². The van der Waals surface area contributed by atoms with Crippen molar-refractivity contribution >= 4 is 34.7 Å². The monoisotopic (exact) mass is 393 g/mol. The van der Waals surface area contributed by atoms with Crippen LogP contribution in [0.1, 0.15) is 11.3 Å². The Morgan fingerprint density at radius 3 is 2.29 bits per heavy atom. The summed E-state index contributed by atoms with van der Waals surface area (Å²) in [5.74, 6) is 1.58. The molecule has 1 fully saturated rings. The number of aromatic nitrogens is 2. The molecule has 3 aromatic rings. The molecule has 144 valence electrons. The molecule has 0 spiro atoms. The van der Waals surface area contributed by atoms with E-state index in [1.54, 1.807) is 0 Å². The van der Waals surface area contributed by atoms with Gasteiger partial charge in [0.1, 0.15) is 5.82 Å². The molecule has 1 aromatic heterocycles. The van der Waals surface area contributed by atoms with Crippen LogP contribution in [0.15, 0.2) is 54.6 Å². The van der Waals surface area contributed by atoms with Crippen molar-refractivity contribution in [3.05, 3.63) is 70.9 Å². The summed E-state index contributed by atoms with van der Waals surface area (Å²) in [7, 11) is 0. The molecule has 28 heavy (non-hydrogen) atoms. The minimum absolute atomic E-state index is 0.735. The number of nitrogens with zero attached hydrogens (tertiary/aromatic N) is 4. The largest absolute Gasteiger partial charge is 0.368 e. The molecule has 0 amide bonds. The average Bonchev–Trinajstić information content (AvgIpc) is 2.70. The molecular weight excluding hydrogens is 370 g/mol. The van der Waals surface area contributed by atoms with Crippen molar-refractivity contribution in [2.24, 2.45) is 0 Å². The summed E-state index contributed by atoms with van der Waals surface area (Å²) in [6.07, 6.45) is 0. The highest BCUT2D eigenvalue weighted by atomic mass is 35.5. The maximum Gasteiger partial charge on any atom is 0.227 e. The maximum atomic E-state index is 6.06. The van der Waals surface area contributed by atoms with Gasteiger partial charge in [0.2, 0.25) is 5.95 Å². The van der Waals surface area contributed by atoms with E-state index in [-0.39, 0.29) is 0 Å². The van der Waals surface area contributed by atoms with Crippen LogP contribution in [0.25, 0.3) is 0 Å². The minimum Gasteiger partial charge on any atom is -0.368 e. The molecule has 0 radical (unpaired) electrons. The Morgan fingerprint density at radius 2 is 1.57 bits per heavy atom. The van der Waals surface area contributed by atoms with Crippen LogP contribution in [-0.4, -0.2) is 36.1 Å². The predicted octanol–water partition coefficient (Wildman–Crippen LogP) is 4.82. The van der Waals surface area contributed by atoms with Crippen molar-refractivity contribution in [1.82, 2.24) is 9.97 Å². The van der Waals surface area contributed by atoms with Gasteiger partial charge < -0.3 is 15.1 Å². The van der Waals surface area contributed by atoms with Crippen LogP contribution in [-0.2, 0) is 0 Å². The van der Waals surface area contributed by atoms with Gasteiger partial charge in [-0.25, -0.2) is 4.98 Å². The number of para-hydroxylation sites is 1. The molecule has 0 saturated carbocycles. The smallest absolute Gasteiger partial charge is 0.227 e. The molecule has 5 nitrogen and oxygen atoms in total. The summed E-state index contributed by atoms with van der Waals surface area (Å²) in [6, 6.07) is 18.3. The van der Waals surface area contributed by atoms with E-state index >= 15 is 0 Å². The van der Waals surface area contributed by atoms with Gasteiger partial charge in [-0.15, -0.1) is 0 Å². The van der Waals surface area contributed by atoms with Gasteiger partial charge in [-0.2, -0.15) is 4.98 Å². The topological polar surface area (TPSA) is 44.3 Å². The SMILES string of the molecule is Cc1cc(Nc2ccc(Cl)cc2C)nc(N2CCN(c3ccccc3)CC2)n1. The number of nitrogens with one attached hydrogen (secondary N) is 1. The number of rotatable bonds is 4. The molecule has 6 heteroatoms. The zero-order chi connectivity index (χ0) is 19.5. The molecule has 1 aliphatic rings. The Hall–Kier alpha value is -2.79. The second kappa shape index (κ2) is 8.07. The quantitative estimate of drug-likeness (QED) is 0.688. The van der Waals surface area contributed by atoms with Gasteiger partial charge in [0, 0.05) is 54.3 Å². The molecular formula is C22H24ClN5. The molecule has 4 rings (SSSR count). The lowest BCUT2D eigenvalue weighted by molar-refractivity contribution is 0.639. The number of aryl methyl sites for hydroxylation is 2. The van der Waals surface area contributed by atoms with E-state index in [0.29, 0.717) is 0 Å². The molecule has 1 N–H and O–H groups in total. The highest BCUT2D eigenvalue weighted by Gasteiger charge is 2.20. The van der Waals surface area contributed by atoms with Crippen LogP contribution in [0.3, 0.4) is 0 Å². The Bertz CT molecular complexity index is 952. The lowest BCUT2D eigenvalue weighted by Gasteiger charge is -2.36. The summed E-state index contributed by atoms with van der Waals surface area (Å²) in [6.45, 7) is 7.76. The first-order valence-corrected chi connectivity index (χ1v) is 9.90. The summed E-state index contributed by atoms with van der Waals surface area (Å²) in [4.78, 5) is 14.1. The zero-order valence-electron chi connectivity index (χ0n) is 16.2. The summed E-state index contributed by atoms with van der Waals surface area (Å²) < 4.78 is 0. The molecule has 2 heterocycles. The normalized spacial score (nSPS) is 14.2. The summed E-state index contributed by atoms with van der Waals surface area (Å²) in [5, 5.41) is 4.14. The number of piperazine rings is 1. The molecule has 0 aliphatic carbocycles. The van der Waals surface area contributed by atoms with Gasteiger partial charge >= 0.3 is 0 Å². The second-order valence-corrected chi connectivity index (χ2v) is 7.52. The molecule has 1 saturated heterocycles. The van der Waals surface area contributed by atoms with Gasteiger partial charge in [0.15, 0.2) is 0 Å². The van der Waals surface area contributed by atoms with Crippen molar-refractivity contribution in [1.29, 1.82) is 0 Å². The van der Waals surface area contributed by atoms with Gasteiger partial charge in [0.05, 0.1) is 0 Å². The average molecular weight is 394 g/mol. The van der Waals surface area contributed by atoms with Crippen molar-refractivity contribution in [2.45, 2.75) is 13.8 Å². The van der Waals surface area contributed by atoms with Gasteiger partial charge in [-0.1, -0.05) is 29.8 Å². The zero-order valence-corrected chi connectivity index (χ0v) is 16.9. The van der Waals surface area contributed by atoms with Gasteiger partial charge in [-0.3, -0.25) is 0 Å². The third-order valence-electron chi connectivity index (χ3n) is 4.98. The van der Waals surface area contributed by atoms with Crippen LogP contribution in [0, 0.1) is 13.8 Å². The van der Waals surface area contributed by atoms with E-state index in [0.717, 1.165) is 59.9 Å². The lowest BCUT2D eigenvalue weighted by Crippen LogP contribution is -2.47. The molecule has 2 aromatic carbocycles. The minimum atomic E-state index is 0.735. The number of hydrogen-bond donors (Lipinski definition) is 1. The van der Waals surface area contributed by atoms with Crippen molar-refractivity contribution in [2.75, 3.05) is 41.3 Å². The van der Waals surface area contributed by atoms with E-state index in [9.17, 15) is 0 Å². The van der Waals surface area contributed by atoms with Gasteiger partial charge in [-0.05, 0) is 49.7 Å². The number of halogens is 1. The first-order chi connectivity index (χ1) is 13.6. The van der Waals surface area contributed by atoms with E-state index < -0.39 is 0 Å². The van der Waals surface area contributed by atoms with Gasteiger partial charge in [0.25, 0.3) is 0 Å². The van der Waals surface area contributed by atoms with E-state index in [1.807, 2.05) is 38.1 Å². The molecule has 0 bridgehead atoms. The standard InChI is InChI=1S/C22H24ClN5/c1-16-14-18(23)8-9-20(16)25-21-15-17(2)24-22(26-21)28-12-10-27(11-13-28)19-6-4-3-5-7-19/h3-9,14-15H,10-13H2,1-2H3,(H,24,25,26). The van der Waals surface area contributed by atoms with Crippen LogP contribution in [0.4, 0.5) is 23.1 Å². The van der Waals surface area contributed by atoms with Crippen molar-refractivity contribution < 1.29 is 0 Å². The Morgan fingerprint density at radius 1 is 0.857 bits per heavy atom. The number of hydrogen-bond acceptors (Lipinski definition) is 5. The van der Waals surface area contributed by atoms with E-state index in [1.165, 1.54) is 5.69 Å². The summed E-state index contributed by atoms with van der Waals surface area (Å²) in [5.41, 5.74) is 4.31. The Balaban J connectivity index is 1.48. The molecule has 1 aliphatic heterocycles. The van der Waals surface area contributed by atoms with Crippen LogP contribution in [0.5, 0.6) is 0 Å². The predicted molar refractivity (Wildman–Crippen MR) is 117 cm³/mol. The lowest BCUT2D eigenvalue weighted by atomic mass is 10.2. The third kappa shape index (κ3) is 4.20. The number of benzene rings is 2. The van der Waals surface area contributed by atoms with Crippen molar-refractivity contribution in [3.63, 3.8) is 0 Å². The second-order valence-electron chi connectivity index (χ2n) is 7.09. The highest BCUT2D eigenvalue weighted by molar-refractivity contribution is 6.30. The van der Waals surface area contributed by atoms with E-state index in [4.69, 9.17) is 16.6 Å². The van der Waals surface area contributed by atoms with Crippen LogP contribution in [0.2, 0.25) is 5.02 Å². The number of anilines is 4. The molecule has 0 unspecified atom stereocenters. The fourth-order valence-electron chi connectivity index (χ4n) is 3.47. The van der Waals surface area contributed by atoms with Crippen LogP contribution >= 0.6 is 11.6 Å². The first-order valence-electron chi connectivity index (χ1n) is 9.52. The Labute approximate surface area is 171 Å². The summed E-state index contributed by atoms with van der Waals surface area (Å²) >= 11 is 6.06. The fourth-order valence-corrected chi connectivity index (χ4v) is 3.69.